The van der Waals surface area contributed by atoms with Gasteiger partial charge < -0.3 is 20.2 Å². The summed E-state index contributed by atoms with van der Waals surface area (Å²) in [5.41, 5.74) is 8.35. The van der Waals surface area contributed by atoms with Crippen molar-refractivity contribution in [2.75, 3.05) is 26.4 Å². The smallest absolute Gasteiger partial charge is 0.242 e. The van der Waals surface area contributed by atoms with Crippen LogP contribution in [0.4, 0.5) is 5.82 Å². The highest BCUT2D eigenvalue weighted by molar-refractivity contribution is 7.89. The number of amides is 1. The zero-order chi connectivity index (χ0) is 28.7. The molecule has 11 nitrogen and oxygen atoms in total. The molecule has 0 fully saturated rings. The Balaban J connectivity index is 1.43. The van der Waals surface area contributed by atoms with Crippen LogP contribution < -0.4 is 10.5 Å². The first-order valence-electron chi connectivity index (χ1n) is 12.8. The highest BCUT2D eigenvalue weighted by Crippen LogP contribution is 2.26. The van der Waals surface area contributed by atoms with E-state index in [4.69, 9.17) is 5.73 Å². The summed E-state index contributed by atoms with van der Waals surface area (Å²) in [7, 11) is -4.80. The highest BCUT2D eigenvalue weighted by Gasteiger charge is 2.32. The van der Waals surface area contributed by atoms with Gasteiger partial charge in [-0.1, -0.05) is 12.1 Å². The normalized spacial score (nSPS) is 14.9. The number of carbonyl (C=O) groups excluding carboxylic acids is 1. The van der Waals surface area contributed by atoms with E-state index in [1.54, 1.807) is 70.4 Å². The number of carbonyl (C=O) groups is 1. The molecule has 0 saturated heterocycles. The Hall–Kier alpha value is -3.65. The molecule has 13 heteroatoms. The molecule has 1 amide bonds. The number of rotatable bonds is 9. The van der Waals surface area contributed by atoms with Crippen molar-refractivity contribution in [2.24, 2.45) is 0 Å². The van der Waals surface area contributed by atoms with Gasteiger partial charge in [0.15, 0.2) is 0 Å². The van der Waals surface area contributed by atoms with Crippen LogP contribution in [0.15, 0.2) is 76.8 Å². The lowest BCUT2D eigenvalue weighted by Gasteiger charge is -2.32. The number of nitrogens with two attached hydrogens (primary N) is 1. The second-order valence-corrected chi connectivity index (χ2v) is 13.8. The van der Waals surface area contributed by atoms with E-state index < -0.39 is 26.1 Å². The number of benzene rings is 2. The van der Waals surface area contributed by atoms with Gasteiger partial charge in [-0.25, -0.2) is 21.1 Å². The van der Waals surface area contributed by atoms with Gasteiger partial charge in [-0.15, -0.1) is 0 Å². The Morgan fingerprint density at radius 1 is 1.07 bits per heavy atom. The zero-order valence-corrected chi connectivity index (χ0v) is 23.9. The highest BCUT2D eigenvalue weighted by atomic mass is 32.2. The van der Waals surface area contributed by atoms with E-state index in [2.05, 4.69) is 9.71 Å². The summed E-state index contributed by atoms with van der Waals surface area (Å²) in [6.07, 6.45) is 4.13. The molecule has 0 aliphatic carbocycles. The molecule has 5 rings (SSSR count). The van der Waals surface area contributed by atoms with Crippen molar-refractivity contribution in [1.29, 1.82) is 0 Å². The molecule has 4 N–H and O–H groups in total. The van der Waals surface area contributed by atoms with Crippen molar-refractivity contribution in [3.8, 4) is 0 Å². The van der Waals surface area contributed by atoms with Gasteiger partial charge in [0.1, 0.15) is 11.9 Å². The van der Waals surface area contributed by atoms with E-state index in [1.165, 1.54) is 20.2 Å². The Labute approximate surface area is 233 Å². The fourth-order valence-corrected chi connectivity index (χ4v) is 7.39. The quantitative estimate of drug-likeness (QED) is 0.274. The van der Waals surface area contributed by atoms with Gasteiger partial charge in [-0.05, 0) is 66.4 Å². The first kappa shape index (κ1) is 27.9. The SMILES string of the molecule is CN(C)S(=O)(=O)c1ccc2c(c1)CN(C(=O)C(CCn1cccc1N)NS(=O)(=O)c1cccc3[nH]ccc13)CC2. The average molecular weight is 585 g/mol. The minimum atomic E-state index is -4.08. The van der Waals surface area contributed by atoms with Crippen LogP contribution in [-0.4, -0.2) is 68.2 Å². The number of H-pyrrole nitrogens is 1. The number of hydrogen-bond acceptors (Lipinski definition) is 6. The molecule has 0 saturated carbocycles. The third-order valence-electron chi connectivity index (χ3n) is 7.24. The number of aromatic amines is 1. The number of nitrogens with one attached hydrogen (secondary N) is 2. The van der Waals surface area contributed by atoms with Gasteiger partial charge in [0, 0.05) is 57.0 Å². The molecule has 2 aromatic heterocycles. The van der Waals surface area contributed by atoms with Crippen molar-refractivity contribution >= 4 is 42.7 Å². The molecular weight excluding hydrogens is 552 g/mol. The van der Waals surface area contributed by atoms with E-state index in [9.17, 15) is 21.6 Å². The molecule has 0 radical (unpaired) electrons. The summed E-state index contributed by atoms with van der Waals surface area (Å²) in [6.45, 7) is 0.868. The van der Waals surface area contributed by atoms with Gasteiger partial charge in [0.25, 0.3) is 0 Å². The third-order valence-corrected chi connectivity index (χ3v) is 10.6. The number of anilines is 1. The number of hydrogen-bond donors (Lipinski definition) is 3. The minimum Gasteiger partial charge on any atom is -0.385 e. The summed E-state index contributed by atoms with van der Waals surface area (Å²) in [4.78, 5) is 18.7. The Morgan fingerprint density at radius 3 is 2.60 bits per heavy atom. The monoisotopic (exact) mass is 584 g/mol. The van der Waals surface area contributed by atoms with Crippen LogP contribution in [-0.2, 0) is 44.4 Å². The van der Waals surface area contributed by atoms with Crippen LogP contribution in [0.3, 0.4) is 0 Å². The van der Waals surface area contributed by atoms with Gasteiger partial charge in [-0.2, -0.15) is 4.72 Å². The molecule has 0 spiro atoms. The first-order chi connectivity index (χ1) is 19.0. The Morgan fingerprint density at radius 2 is 1.88 bits per heavy atom. The van der Waals surface area contributed by atoms with Gasteiger partial charge in [0.05, 0.1) is 9.79 Å². The van der Waals surface area contributed by atoms with Crippen molar-refractivity contribution in [3.63, 3.8) is 0 Å². The van der Waals surface area contributed by atoms with Crippen LogP contribution in [0.1, 0.15) is 17.5 Å². The fourth-order valence-electron chi connectivity index (χ4n) is 4.99. The number of sulfonamides is 2. The molecule has 1 unspecified atom stereocenters. The molecule has 212 valence electrons. The minimum absolute atomic E-state index is 0.0760. The number of nitrogens with zero attached hydrogens (tertiary/aromatic N) is 3. The van der Waals surface area contributed by atoms with E-state index >= 15 is 0 Å². The second-order valence-electron chi connectivity index (χ2n) is 10.0. The molecule has 0 bridgehead atoms. The first-order valence-corrected chi connectivity index (χ1v) is 15.7. The predicted molar refractivity (Wildman–Crippen MR) is 152 cm³/mol. The van der Waals surface area contributed by atoms with Crippen molar-refractivity contribution in [1.82, 2.24) is 23.5 Å². The molecular formula is C27H32N6O5S2. The van der Waals surface area contributed by atoms with E-state index in [0.29, 0.717) is 36.2 Å². The molecule has 1 atom stereocenters. The van der Waals surface area contributed by atoms with Crippen LogP contribution in [0.2, 0.25) is 0 Å². The number of aryl methyl sites for hydroxylation is 1. The van der Waals surface area contributed by atoms with Gasteiger partial charge in [-0.3, -0.25) is 4.79 Å². The third kappa shape index (κ3) is 5.37. The maximum atomic E-state index is 13.9. The van der Waals surface area contributed by atoms with Crippen molar-refractivity contribution in [3.05, 3.63) is 78.1 Å². The summed E-state index contributed by atoms with van der Waals surface area (Å²) in [5.74, 6) is 0.120. The van der Waals surface area contributed by atoms with Crippen LogP contribution in [0, 0.1) is 0 Å². The van der Waals surface area contributed by atoms with Crippen LogP contribution in [0.25, 0.3) is 10.9 Å². The number of nitrogen functional groups attached to an aromatic ring is 1. The summed E-state index contributed by atoms with van der Waals surface area (Å²) < 4.78 is 58.1. The van der Waals surface area contributed by atoms with Crippen molar-refractivity contribution < 1.29 is 21.6 Å². The van der Waals surface area contributed by atoms with Gasteiger partial charge in [0.2, 0.25) is 26.0 Å². The topological polar surface area (TPSA) is 151 Å². The van der Waals surface area contributed by atoms with Crippen LogP contribution in [0.5, 0.6) is 0 Å². The Kier molecular flexibility index (Phi) is 7.48. The maximum absolute atomic E-state index is 13.9. The summed E-state index contributed by atoms with van der Waals surface area (Å²) in [6, 6.07) is 14.0. The fraction of sp³-hybridized carbons (Fsp3) is 0.296. The van der Waals surface area contributed by atoms with E-state index in [-0.39, 0.29) is 28.7 Å². The summed E-state index contributed by atoms with van der Waals surface area (Å²) >= 11 is 0. The predicted octanol–water partition coefficient (Wildman–Crippen LogP) is 2.12. The molecule has 2 aromatic carbocycles. The lowest BCUT2D eigenvalue weighted by atomic mass is 9.99. The maximum Gasteiger partial charge on any atom is 0.242 e. The molecule has 1 aliphatic rings. The van der Waals surface area contributed by atoms with Gasteiger partial charge >= 0.3 is 0 Å². The number of aromatic nitrogens is 2. The van der Waals surface area contributed by atoms with Crippen LogP contribution >= 0.6 is 0 Å². The molecule has 1 aliphatic heterocycles. The lowest BCUT2D eigenvalue weighted by molar-refractivity contribution is -0.134. The molecule has 40 heavy (non-hydrogen) atoms. The Bertz CT molecular complexity index is 1780. The standard InChI is InChI=1S/C27H32N6O5S2/c1-31(2)40(37,38)21-9-8-19-11-15-33(18-20(19)17-21)27(34)24(12-16-32-14-4-7-26(32)28)30-39(35,36)25-6-3-5-23-22(25)10-13-29-23/h3-10,13-14,17,24,29-30H,11-12,15-16,18,28H2,1-2H3. The van der Waals surface area contributed by atoms with Crippen molar-refractivity contribution in [2.45, 2.75) is 41.8 Å². The number of fused-ring (bicyclic) bond motifs is 2. The second kappa shape index (κ2) is 10.7. The van der Waals surface area contributed by atoms with E-state index in [1.807, 2.05) is 0 Å². The molecule has 3 heterocycles. The average Bonchev–Trinajstić information content (AvgIpc) is 3.58. The lowest BCUT2D eigenvalue weighted by Crippen LogP contribution is -2.50. The summed E-state index contributed by atoms with van der Waals surface area (Å²) in [5, 5.41) is 0.525. The largest absolute Gasteiger partial charge is 0.385 e. The zero-order valence-electron chi connectivity index (χ0n) is 22.2. The molecule has 4 aromatic rings. The van der Waals surface area contributed by atoms with E-state index in [0.717, 1.165) is 15.4 Å².